The van der Waals surface area contributed by atoms with Crippen molar-refractivity contribution in [2.75, 3.05) is 5.75 Å². The lowest BCUT2D eigenvalue weighted by Crippen LogP contribution is -2.03. The van der Waals surface area contributed by atoms with Gasteiger partial charge in [-0.3, -0.25) is 9.36 Å². The maximum Gasteiger partial charge on any atom is 0.313 e. The van der Waals surface area contributed by atoms with E-state index in [-0.39, 0.29) is 5.75 Å². The zero-order valence-electron chi connectivity index (χ0n) is 11.5. The molecule has 0 saturated carbocycles. The average Bonchev–Trinajstić information content (AvgIpc) is 2.79. The van der Waals surface area contributed by atoms with Crippen LogP contribution < -0.4 is 0 Å². The summed E-state index contributed by atoms with van der Waals surface area (Å²) in [6.45, 7) is 4.01. The molecule has 0 aliphatic carbocycles. The SMILES string of the molecule is CCCc1ccc(-n2c(C)nnc2SCC(=O)O)cc1. The van der Waals surface area contributed by atoms with Crippen molar-refractivity contribution in [3.05, 3.63) is 35.7 Å². The molecule has 0 atom stereocenters. The third-order valence-corrected chi connectivity index (χ3v) is 3.77. The van der Waals surface area contributed by atoms with Crippen LogP contribution in [0.3, 0.4) is 0 Å². The summed E-state index contributed by atoms with van der Waals surface area (Å²) in [7, 11) is 0. The molecule has 6 heteroatoms. The Kier molecular flexibility index (Phi) is 4.79. The quantitative estimate of drug-likeness (QED) is 0.829. The van der Waals surface area contributed by atoms with Crippen LogP contribution in [0.15, 0.2) is 29.4 Å². The molecule has 0 amide bonds. The molecule has 2 aromatic rings. The van der Waals surface area contributed by atoms with Gasteiger partial charge in [-0.05, 0) is 31.0 Å². The molecule has 1 aromatic heterocycles. The molecule has 106 valence electrons. The number of thioether (sulfide) groups is 1. The first kappa shape index (κ1) is 14.6. The van der Waals surface area contributed by atoms with Crippen LogP contribution in [0.1, 0.15) is 24.7 Å². The zero-order chi connectivity index (χ0) is 14.5. The number of hydrogen-bond acceptors (Lipinski definition) is 4. The summed E-state index contributed by atoms with van der Waals surface area (Å²) in [5, 5.41) is 17.4. The van der Waals surface area contributed by atoms with Gasteiger partial charge in [0, 0.05) is 5.69 Å². The van der Waals surface area contributed by atoms with Crippen molar-refractivity contribution in [1.29, 1.82) is 0 Å². The Hall–Kier alpha value is -1.82. The van der Waals surface area contributed by atoms with Crippen molar-refractivity contribution in [2.45, 2.75) is 31.8 Å². The van der Waals surface area contributed by atoms with Crippen molar-refractivity contribution in [3.63, 3.8) is 0 Å². The summed E-state index contributed by atoms with van der Waals surface area (Å²) in [5.74, 6) is -0.131. The normalized spacial score (nSPS) is 10.7. The Morgan fingerprint density at radius 2 is 2.00 bits per heavy atom. The number of hydrogen-bond donors (Lipinski definition) is 1. The van der Waals surface area contributed by atoms with Gasteiger partial charge >= 0.3 is 5.97 Å². The van der Waals surface area contributed by atoms with Crippen LogP contribution in [-0.2, 0) is 11.2 Å². The monoisotopic (exact) mass is 291 g/mol. The summed E-state index contributed by atoms with van der Waals surface area (Å²) in [6, 6.07) is 8.21. The fraction of sp³-hybridized carbons (Fsp3) is 0.357. The Labute approximate surface area is 122 Å². The van der Waals surface area contributed by atoms with Crippen LogP contribution in [0.2, 0.25) is 0 Å². The fourth-order valence-corrected chi connectivity index (χ4v) is 2.68. The second-order valence-corrected chi connectivity index (χ2v) is 5.41. The first-order valence-electron chi connectivity index (χ1n) is 6.47. The van der Waals surface area contributed by atoms with Gasteiger partial charge in [-0.25, -0.2) is 0 Å². The molecule has 0 bridgehead atoms. The summed E-state index contributed by atoms with van der Waals surface area (Å²) in [4.78, 5) is 10.7. The molecule has 0 radical (unpaired) electrons. The Morgan fingerprint density at radius 3 is 2.60 bits per heavy atom. The highest BCUT2D eigenvalue weighted by Crippen LogP contribution is 2.22. The second kappa shape index (κ2) is 6.56. The van der Waals surface area contributed by atoms with E-state index in [9.17, 15) is 4.79 Å². The largest absolute Gasteiger partial charge is 0.481 e. The van der Waals surface area contributed by atoms with Crippen LogP contribution in [0.4, 0.5) is 0 Å². The maximum absolute atomic E-state index is 10.7. The van der Waals surface area contributed by atoms with Gasteiger partial charge in [-0.15, -0.1) is 10.2 Å². The summed E-state index contributed by atoms with van der Waals surface area (Å²) in [6.07, 6.45) is 2.17. The smallest absolute Gasteiger partial charge is 0.313 e. The standard InChI is InChI=1S/C14H17N3O2S/c1-3-4-11-5-7-12(8-6-11)17-10(2)15-16-14(17)20-9-13(18)19/h5-8H,3-4,9H2,1-2H3,(H,18,19). The molecule has 0 aliphatic heterocycles. The van der Waals surface area contributed by atoms with Crippen molar-refractivity contribution in [1.82, 2.24) is 14.8 Å². The predicted molar refractivity (Wildman–Crippen MR) is 78.5 cm³/mol. The van der Waals surface area contributed by atoms with Gasteiger partial charge in [0.25, 0.3) is 0 Å². The van der Waals surface area contributed by atoms with E-state index in [1.807, 2.05) is 23.6 Å². The number of carbonyl (C=O) groups is 1. The number of aromatic nitrogens is 3. The first-order chi connectivity index (χ1) is 9.61. The molecule has 1 aromatic carbocycles. The van der Waals surface area contributed by atoms with E-state index in [1.54, 1.807) is 0 Å². The number of carboxylic acids is 1. The van der Waals surface area contributed by atoms with E-state index in [4.69, 9.17) is 5.11 Å². The summed E-state index contributed by atoms with van der Waals surface area (Å²) >= 11 is 1.18. The van der Waals surface area contributed by atoms with Crippen LogP contribution >= 0.6 is 11.8 Å². The van der Waals surface area contributed by atoms with Gasteiger partial charge in [-0.2, -0.15) is 0 Å². The minimum atomic E-state index is -0.861. The molecule has 0 aliphatic rings. The summed E-state index contributed by atoms with van der Waals surface area (Å²) in [5.41, 5.74) is 2.25. The maximum atomic E-state index is 10.7. The highest BCUT2D eigenvalue weighted by Gasteiger charge is 2.12. The van der Waals surface area contributed by atoms with Gasteiger partial charge in [0.1, 0.15) is 5.82 Å². The van der Waals surface area contributed by atoms with Crippen molar-refractivity contribution in [2.24, 2.45) is 0 Å². The van der Waals surface area contributed by atoms with E-state index < -0.39 is 5.97 Å². The van der Waals surface area contributed by atoms with E-state index in [0.29, 0.717) is 5.16 Å². The molecule has 0 unspecified atom stereocenters. The molecule has 1 heterocycles. The van der Waals surface area contributed by atoms with Gasteiger partial charge in [-0.1, -0.05) is 37.2 Å². The topological polar surface area (TPSA) is 68.0 Å². The molecule has 20 heavy (non-hydrogen) atoms. The third kappa shape index (κ3) is 3.39. The van der Waals surface area contributed by atoms with Crippen LogP contribution in [0.5, 0.6) is 0 Å². The van der Waals surface area contributed by atoms with E-state index in [2.05, 4.69) is 29.3 Å². The number of aryl methyl sites for hydroxylation is 2. The van der Waals surface area contributed by atoms with Crippen molar-refractivity contribution >= 4 is 17.7 Å². The highest BCUT2D eigenvalue weighted by molar-refractivity contribution is 7.99. The second-order valence-electron chi connectivity index (χ2n) is 4.46. The van der Waals surface area contributed by atoms with Gasteiger partial charge < -0.3 is 5.11 Å². The Morgan fingerprint density at radius 1 is 1.30 bits per heavy atom. The van der Waals surface area contributed by atoms with Crippen LogP contribution in [0, 0.1) is 6.92 Å². The average molecular weight is 291 g/mol. The minimum Gasteiger partial charge on any atom is -0.481 e. The van der Waals surface area contributed by atoms with E-state index in [0.717, 1.165) is 24.4 Å². The molecule has 0 spiro atoms. The summed E-state index contributed by atoms with van der Waals surface area (Å²) < 4.78 is 1.88. The molecule has 2 rings (SSSR count). The predicted octanol–water partition coefficient (Wildman–Crippen LogP) is 2.70. The fourth-order valence-electron chi connectivity index (χ4n) is 1.96. The molecule has 0 saturated heterocycles. The lowest BCUT2D eigenvalue weighted by molar-refractivity contribution is -0.133. The van der Waals surface area contributed by atoms with Gasteiger partial charge in [0.2, 0.25) is 0 Å². The number of aliphatic carboxylic acids is 1. The molecular formula is C14H17N3O2S. The lowest BCUT2D eigenvalue weighted by atomic mass is 10.1. The number of benzene rings is 1. The molecule has 0 fully saturated rings. The molecular weight excluding hydrogens is 274 g/mol. The third-order valence-electron chi connectivity index (χ3n) is 2.85. The van der Waals surface area contributed by atoms with Gasteiger partial charge in [0.15, 0.2) is 5.16 Å². The molecule has 5 nitrogen and oxygen atoms in total. The minimum absolute atomic E-state index is 0.0218. The Balaban J connectivity index is 2.26. The zero-order valence-corrected chi connectivity index (χ0v) is 12.4. The van der Waals surface area contributed by atoms with Crippen molar-refractivity contribution < 1.29 is 9.90 Å². The van der Waals surface area contributed by atoms with Crippen LogP contribution in [-0.4, -0.2) is 31.6 Å². The van der Waals surface area contributed by atoms with Crippen LogP contribution in [0.25, 0.3) is 5.69 Å². The number of carboxylic acid groups (broad SMARTS) is 1. The lowest BCUT2D eigenvalue weighted by Gasteiger charge is -2.08. The Bertz CT molecular complexity index is 593. The first-order valence-corrected chi connectivity index (χ1v) is 7.46. The number of rotatable bonds is 6. The van der Waals surface area contributed by atoms with E-state index >= 15 is 0 Å². The number of nitrogens with zero attached hydrogens (tertiary/aromatic N) is 3. The highest BCUT2D eigenvalue weighted by atomic mass is 32.2. The van der Waals surface area contributed by atoms with E-state index in [1.165, 1.54) is 17.3 Å². The van der Waals surface area contributed by atoms with Crippen molar-refractivity contribution in [3.8, 4) is 5.69 Å². The molecule has 1 N–H and O–H groups in total. The van der Waals surface area contributed by atoms with Gasteiger partial charge in [0.05, 0.1) is 5.75 Å².